The van der Waals surface area contributed by atoms with E-state index in [1.165, 1.54) is 0 Å². The monoisotopic (exact) mass is 298 g/mol. The smallest absolute Gasteiger partial charge is 0.212 e. The summed E-state index contributed by atoms with van der Waals surface area (Å²) in [6, 6.07) is 0.239. The van der Waals surface area contributed by atoms with Crippen molar-refractivity contribution in [1.29, 1.82) is 0 Å². The van der Waals surface area contributed by atoms with E-state index in [1.54, 1.807) is 0 Å². The van der Waals surface area contributed by atoms with Gasteiger partial charge in [-0.15, -0.1) is 0 Å². The molecule has 18 heavy (non-hydrogen) atoms. The fourth-order valence-electron chi connectivity index (χ4n) is 1.97. The Morgan fingerprint density at radius 2 is 1.61 bits per heavy atom. The Balaban J connectivity index is 2.33. The van der Waals surface area contributed by atoms with Crippen molar-refractivity contribution in [1.82, 2.24) is 4.72 Å². The lowest BCUT2D eigenvalue weighted by atomic mass is 9.87. The second-order valence-corrected chi connectivity index (χ2v) is 9.26. The molecule has 0 spiro atoms. The summed E-state index contributed by atoms with van der Waals surface area (Å²) >= 11 is 0. The van der Waals surface area contributed by atoms with Gasteiger partial charge in [-0.05, 0) is 31.6 Å². The topological polar surface area (TPSA) is 106 Å². The lowest BCUT2D eigenvalue weighted by molar-refractivity contribution is 0.326. The molecule has 6 nitrogen and oxygen atoms in total. The molecule has 0 saturated heterocycles. The molecule has 0 aliphatic heterocycles. The van der Waals surface area contributed by atoms with Gasteiger partial charge in [-0.3, -0.25) is 0 Å². The maximum absolute atomic E-state index is 11.6. The molecule has 0 bridgehead atoms. The highest BCUT2D eigenvalue weighted by Crippen LogP contribution is 2.22. The number of sulfonamides is 1. The Labute approximate surface area is 109 Å². The summed E-state index contributed by atoms with van der Waals surface area (Å²) in [7, 11) is -6.73. The zero-order chi connectivity index (χ0) is 13.8. The van der Waals surface area contributed by atoms with Gasteiger partial charge in [-0.1, -0.05) is 0 Å². The maximum atomic E-state index is 11.6. The Hall–Kier alpha value is -0.180. The first-order valence-corrected chi connectivity index (χ1v) is 9.80. The molecule has 8 heteroatoms. The van der Waals surface area contributed by atoms with Crippen molar-refractivity contribution in [3.05, 3.63) is 0 Å². The van der Waals surface area contributed by atoms with E-state index >= 15 is 0 Å². The van der Waals surface area contributed by atoms with E-state index in [1.807, 2.05) is 0 Å². The van der Waals surface area contributed by atoms with Crippen LogP contribution in [0.15, 0.2) is 0 Å². The van der Waals surface area contributed by atoms with Crippen LogP contribution < -0.4 is 10.5 Å². The molecule has 1 rings (SSSR count). The number of nitrogens with one attached hydrogen (secondary N) is 1. The van der Waals surface area contributed by atoms with Crippen molar-refractivity contribution in [2.75, 3.05) is 24.3 Å². The third-order valence-electron chi connectivity index (χ3n) is 3.21. The number of hydrogen-bond acceptors (Lipinski definition) is 5. The summed E-state index contributed by atoms with van der Waals surface area (Å²) in [6.07, 6.45) is 4.74. The van der Waals surface area contributed by atoms with Crippen LogP contribution in [0, 0.1) is 5.92 Å². The van der Waals surface area contributed by atoms with Crippen molar-refractivity contribution in [3.63, 3.8) is 0 Å². The number of hydrogen-bond donors (Lipinski definition) is 2. The van der Waals surface area contributed by atoms with Crippen LogP contribution in [-0.2, 0) is 19.9 Å². The molecule has 3 N–H and O–H groups in total. The van der Waals surface area contributed by atoms with E-state index in [9.17, 15) is 16.8 Å². The summed E-state index contributed by atoms with van der Waals surface area (Å²) in [4.78, 5) is 0. The van der Waals surface area contributed by atoms with E-state index in [2.05, 4.69) is 4.72 Å². The Morgan fingerprint density at radius 1 is 1.06 bits per heavy atom. The highest BCUT2D eigenvalue weighted by atomic mass is 32.2. The number of rotatable bonds is 6. The standard InChI is InChI=1S/C10H22N2O4S2/c1-17(13,14)6-7-18(15,16)12-8-9-2-4-10(11)5-3-9/h9-10,12H,2-8,11H2,1H3. The third-order valence-corrected chi connectivity index (χ3v) is 5.76. The molecule has 0 radical (unpaired) electrons. The van der Waals surface area contributed by atoms with Gasteiger partial charge >= 0.3 is 0 Å². The molecular formula is C10H22N2O4S2. The van der Waals surface area contributed by atoms with E-state index in [-0.39, 0.29) is 17.5 Å². The summed E-state index contributed by atoms with van der Waals surface area (Å²) in [5.74, 6) is -0.381. The van der Waals surface area contributed by atoms with Crippen molar-refractivity contribution < 1.29 is 16.8 Å². The van der Waals surface area contributed by atoms with Crippen LogP contribution in [0.2, 0.25) is 0 Å². The predicted octanol–water partition coefficient (Wildman–Crippen LogP) is -0.532. The molecule has 1 aliphatic rings. The second-order valence-electron chi connectivity index (χ2n) is 5.08. The van der Waals surface area contributed by atoms with Gasteiger partial charge in [0.1, 0.15) is 9.84 Å². The molecule has 1 aliphatic carbocycles. The quantitative estimate of drug-likeness (QED) is 0.685. The van der Waals surface area contributed by atoms with Gasteiger partial charge < -0.3 is 5.73 Å². The zero-order valence-electron chi connectivity index (χ0n) is 10.6. The van der Waals surface area contributed by atoms with Crippen molar-refractivity contribution >= 4 is 19.9 Å². The van der Waals surface area contributed by atoms with Crippen LogP contribution >= 0.6 is 0 Å². The largest absolute Gasteiger partial charge is 0.328 e. The van der Waals surface area contributed by atoms with E-state index in [0.717, 1.165) is 31.9 Å². The van der Waals surface area contributed by atoms with Gasteiger partial charge in [0.05, 0.1) is 11.5 Å². The molecule has 0 amide bonds. The van der Waals surface area contributed by atoms with Gasteiger partial charge in [-0.25, -0.2) is 21.6 Å². The van der Waals surface area contributed by atoms with Crippen LogP contribution in [0.25, 0.3) is 0 Å². The van der Waals surface area contributed by atoms with Crippen LogP contribution in [-0.4, -0.2) is 47.2 Å². The molecule has 0 aromatic carbocycles. The lowest BCUT2D eigenvalue weighted by Crippen LogP contribution is -2.36. The summed E-state index contributed by atoms with van der Waals surface area (Å²) < 4.78 is 47.5. The number of nitrogens with two attached hydrogens (primary N) is 1. The average Bonchev–Trinajstić information content (AvgIpc) is 2.25. The maximum Gasteiger partial charge on any atom is 0.212 e. The molecule has 0 heterocycles. The van der Waals surface area contributed by atoms with Crippen molar-refractivity contribution in [2.45, 2.75) is 31.7 Å². The van der Waals surface area contributed by atoms with Gasteiger partial charge in [-0.2, -0.15) is 0 Å². The fraction of sp³-hybridized carbons (Fsp3) is 1.00. The first-order chi connectivity index (χ1) is 8.18. The molecule has 0 atom stereocenters. The van der Waals surface area contributed by atoms with Crippen LogP contribution in [0.5, 0.6) is 0 Å². The normalized spacial score (nSPS) is 26.1. The molecule has 0 aromatic heterocycles. The van der Waals surface area contributed by atoms with Gasteiger partial charge in [0.15, 0.2) is 0 Å². The minimum Gasteiger partial charge on any atom is -0.328 e. The minimum atomic E-state index is -3.49. The van der Waals surface area contributed by atoms with Crippen LogP contribution in [0.4, 0.5) is 0 Å². The van der Waals surface area contributed by atoms with Gasteiger partial charge in [0, 0.05) is 18.8 Å². The third kappa shape index (κ3) is 6.67. The Bertz CT molecular complexity index is 450. The van der Waals surface area contributed by atoms with E-state index < -0.39 is 19.9 Å². The summed E-state index contributed by atoms with van der Waals surface area (Å²) in [5, 5.41) is 0. The van der Waals surface area contributed by atoms with Gasteiger partial charge in [0.2, 0.25) is 10.0 Å². The van der Waals surface area contributed by atoms with Crippen LogP contribution in [0.1, 0.15) is 25.7 Å². The highest BCUT2D eigenvalue weighted by Gasteiger charge is 2.21. The summed E-state index contributed by atoms with van der Waals surface area (Å²) in [5.41, 5.74) is 5.77. The van der Waals surface area contributed by atoms with E-state index in [4.69, 9.17) is 5.73 Å². The van der Waals surface area contributed by atoms with Gasteiger partial charge in [0.25, 0.3) is 0 Å². The highest BCUT2D eigenvalue weighted by molar-refractivity contribution is 7.93. The fourth-order valence-corrected chi connectivity index (χ4v) is 4.69. The Kier molecular flexibility index (Phi) is 5.57. The van der Waals surface area contributed by atoms with Crippen molar-refractivity contribution in [3.8, 4) is 0 Å². The number of sulfone groups is 1. The van der Waals surface area contributed by atoms with E-state index in [0.29, 0.717) is 12.5 Å². The molecule has 1 saturated carbocycles. The first-order valence-electron chi connectivity index (χ1n) is 6.08. The molecule has 1 fully saturated rings. The Morgan fingerprint density at radius 3 is 2.11 bits per heavy atom. The zero-order valence-corrected chi connectivity index (χ0v) is 12.3. The minimum absolute atomic E-state index is 0.239. The molecule has 0 aromatic rings. The predicted molar refractivity (Wildman–Crippen MR) is 71.4 cm³/mol. The van der Waals surface area contributed by atoms with Crippen LogP contribution in [0.3, 0.4) is 0 Å². The SMILES string of the molecule is CS(=O)(=O)CCS(=O)(=O)NCC1CCC(N)CC1. The molecule has 0 unspecified atom stereocenters. The molecular weight excluding hydrogens is 276 g/mol. The van der Waals surface area contributed by atoms with Crippen molar-refractivity contribution in [2.24, 2.45) is 11.7 Å². The summed E-state index contributed by atoms with van der Waals surface area (Å²) in [6.45, 7) is 0.388. The second kappa shape index (κ2) is 6.31. The first kappa shape index (κ1) is 15.9. The molecule has 108 valence electrons. The average molecular weight is 298 g/mol. The lowest BCUT2D eigenvalue weighted by Gasteiger charge is -2.26.